The molecule has 6 nitrogen and oxygen atoms in total. The summed E-state index contributed by atoms with van der Waals surface area (Å²) in [6.45, 7) is 4.90. The number of hydrogen-bond acceptors (Lipinski definition) is 3. The number of hydrogen-bond donors (Lipinski definition) is 2. The highest BCUT2D eigenvalue weighted by molar-refractivity contribution is 5.80. The fourth-order valence-corrected chi connectivity index (χ4v) is 5.52. The largest absolute Gasteiger partial charge is 0.357 e. The summed E-state index contributed by atoms with van der Waals surface area (Å²) in [6.07, 6.45) is 15.6. The maximum atomic E-state index is 4.87. The van der Waals surface area contributed by atoms with Crippen LogP contribution in [-0.2, 0) is 19.4 Å². The molecule has 6 heteroatoms. The highest BCUT2D eigenvalue weighted by Crippen LogP contribution is 2.40. The molecule has 2 N–H and O–H groups in total. The molecule has 0 spiro atoms. The molecule has 28 heavy (non-hydrogen) atoms. The van der Waals surface area contributed by atoms with Gasteiger partial charge in [-0.25, -0.2) is 0 Å². The van der Waals surface area contributed by atoms with Crippen LogP contribution in [0.25, 0.3) is 0 Å². The van der Waals surface area contributed by atoms with Crippen molar-refractivity contribution in [3.8, 4) is 0 Å². The number of aliphatic imine (C=N–C) groups is 1. The lowest BCUT2D eigenvalue weighted by molar-refractivity contribution is 0.150. The van der Waals surface area contributed by atoms with E-state index in [2.05, 4.69) is 32.3 Å². The second-order valence-electron chi connectivity index (χ2n) is 8.96. The van der Waals surface area contributed by atoms with Crippen LogP contribution in [0, 0.1) is 11.8 Å². The Morgan fingerprint density at radius 3 is 2.82 bits per heavy atom. The number of aromatic nitrogens is 3. The highest BCUT2D eigenvalue weighted by Gasteiger charge is 2.32. The second kappa shape index (κ2) is 9.75. The van der Waals surface area contributed by atoms with Crippen LogP contribution in [0.5, 0.6) is 0 Å². The molecule has 2 aliphatic carbocycles. The minimum absolute atomic E-state index is 0.585. The molecule has 2 saturated carbocycles. The van der Waals surface area contributed by atoms with Gasteiger partial charge in [0.1, 0.15) is 11.6 Å². The Morgan fingerprint density at radius 1 is 1.04 bits per heavy atom. The van der Waals surface area contributed by atoms with Gasteiger partial charge in [-0.2, -0.15) is 0 Å². The lowest BCUT2D eigenvalue weighted by atomic mass is 9.69. The van der Waals surface area contributed by atoms with Crippen LogP contribution in [0.1, 0.15) is 82.8 Å². The topological polar surface area (TPSA) is 67.1 Å². The normalized spacial score (nSPS) is 28.2. The lowest BCUT2D eigenvalue weighted by Gasteiger charge is -2.39. The molecule has 3 unspecified atom stereocenters. The quantitative estimate of drug-likeness (QED) is 0.601. The molecule has 1 aliphatic heterocycles. The van der Waals surface area contributed by atoms with Crippen LogP contribution in [0.2, 0.25) is 0 Å². The third-order valence-corrected chi connectivity index (χ3v) is 7.02. The first-order valence-electron chi connectivity index (χ1n) is 11.8. The number of rotatable bonds is 5. The first-order valence-corrected chi connectivity index (χ1v) is 11.8. The summed E-state index contributed by atoms with van der Waals surface area (Å²) < 4.78 is 2.34. The van der Waals surface area contributed by atoms with Crippen LogP contribution >= 0.6 is 0 Å². The molecular weight excluding hydrogens is 348 g/mol. The average Bonchev–Trinajstić information content (AvgIpc) is 2.94. The zero-order valence-corrected chi connectivity index (χ0v) is 17.6. The summed E-state index contributed by atoms with van der Waals surface area (Å²) in [7, 11) is 0. The molecule has 0 radical (unpaired) electrons. The van der Waals surface area contributed by atoms with Crippen LogP contribution < -0.4 is 10.6 Å². The smallest absolute Gasteiger partial charge is 0.191 e. The predicted molar refractivity (Wildman–Crippen MR) is 113 cm³/mol. The van der Waals surface area contributed by atoms with Crippen LogP contribution in [-0.4, -0.2) is 39.9 Å². The van der Waals surface area contributed by atoms with Gasteiger partial charge in [-0.15, -0.1) is 10.2 Å². The zero-order chi connectivity index (χ0) is 19.2. The van der Waals surface area contributed by atoms with E-state index in [0.29, 0.717) is 6.04 Å². The Bertz CT molecular complexity index is 651. The summed E-state index contributed by atoms with van der Waals surface area (Å²) in [5.74, 6) is 5.20. The molecule has 4 rings (SSSR count). The van der Waals surface area contributed by atoms with E-state index in [0.717, 1.165) is 56.1 Å². The van der Waals surface area contributed by atoms with E-state index >= 15 is 0 Å². The van der Waals surface area contributed by atoms with Crippen molar-refractivity contribution >= 4 is 5.96 Å². The summed E-state index contributed by atoms with van der Waals surface area (Å²) >= 11 is 0. The van der Waals surface area contributed by atoms with Gasteiger partial charge < -0.3 is 15.2 Å². The van der Waals surface area contributed by atoms with E-state index in [1.807, 2.05) is 0 Å². The summed E-state index contributed by atoms with van der Waals surface area (Å²) in [5, 5.41) is 16.1. The minimum atomic E-state index is 0.585. The van der Waals surface area contributed by atoms with Gasteiger partial charge in [0.15, 0.2) is 5.96 Å². The molecule has 156 valence electrons. The number of nitrogens with zero attached hydrogens (tertiary/aromatic N) is 4. The van der Waals surface area contributed by atoms with Gasteiger partial charge in [0.25, 0.3) is 0 Å². The summed E-state index contributed by atoms with van der Waals surface area (Å²) in [4.78, 5) is 4.87. The first kappa shape index (κ1) is 19.7. The fourth-order valence-electron chi connectivity index (χ4n) is 5.52. The van der Waals surface area contributed by atoms with E-state index in [9.17, 15) is 0 Å². The van der Waals surface area contributed by atoms with Crippen LogP contribution in [0.15, 0.2) is 4.99 Å². The van der Waals surface area contributed by atoms with E-state index < -0.39 is 0 Å². The van der Waals surface area contributed by atoms with E-state index in [1.165, 1.54) is 70.0 Å². The standard InChI is InChI=1S/C22H38N6/c1-2-23-22(25-19-12-11-17-8-5-6-9-18(17)16-19)24-14-13-21-27-26-20-10-4-3-7-15-28(20)21/h17-19H,2-16H2,1H3,(H2,23,24,25). The average molecular weight is 387 g/mol. The third-order valence-electron chi connectivity index (χ3n) is 7.02. The number of aryl methyl sites for hydroxylation is 1. The SMILES string of the molecule is CCNC(=NCCc1nnc2n1CCCCC2)NC1CCC2CCCCC2C1. The lowest BCUT2D eigenvalue weighted by Crippen LogP contribution is -2.47. The molecular formula is C22H38N6. The van der Waals surface area contributed by atoms with Crippen molar-refractivity contribution in [3.63, 3.8) is 0 Å². The number of guanidine groups is 1. The molecule has 0 bridgehead atoms. The van der Waals surface area contributed by atoms with Crippen molar-refractivity contribution in [2.45, 2.75) is 96.6 Å². The molecule has 0 amide bonds. The van der Waals surface area contributed by atoms with Crippen molar-refractivity contribution in [1.29, 1.82) is 0 Å². The summed E-state index contributed by atoms with van der Waals surface area (Å²) in [5.41, 5.74) is 0. The van der Waals surface area contributed by atoms with Crippen molar-refractivity contribution in [3.05, 3.63) is 11.6 Å². The Morgan fingerprint density at radius 2 is 1.93 bits per heavy atom. The van der Waals surface area contributed by atoms with Gasteiger partial charge in [0.05, 0.1) is 0 Å². The van der Waals surface area contributed by atoms with Gasteiger partial charge in [-0.05, 0) is 50.9 Å². The summed E-state index contributed by atoms with van der Waals surface area (Å²) in [6, 6.07) is 0.585. The second-order valence-corrected chi connectivity index (χ2v) is 8.96. The molecule has 3 aliphatic rings. The van der Waals surface area contributed by atoms with E-state index in [4.69, 9.17) is 4.99 Å². The molecule has 0 saturated heterocycles. The molecule has 0 aromatic carbocycles. The first-order chi connectivity index (χ1) is 13.8. The van der Waals surface area contributed by atoms with E-state index in [1.54, 1.807) is 0 Å². The monoisotopic (exact) mass is 386 g/mol. The highest BCUT2D eigenvalue weighted by atomic mass is 15.3. The van der Waals surface area contributed by atoms with Crippen LogP contribution in [0.4, 0.5) is 0 Å². The fraction of sp³-hybridized carbons (Fsp3) is 0.864. The minimum Gasteiger partial charge on any atom is -0.357 e. The number of nitrogens with one attached hydrogen (secondary N) is 2. The Labute approximate surface area is 170 Å². The third kappa shape index (κ3) is 4.87. The Hall–Kier alpha value is -1.59. The van der Waals surface area contributed by atoms with Crippen molar-refractivity contribution in [1.82, 2.24) is 25.4 Å². The van der Waals surface area contributed by atoms with Crippen molar-refractivity contribution in [2.24, 2.45) is 16.8 Å². The molecule has 2 fully saturated rings. The van der Waals surface area contributed by atoms with Gasteiger partial charge >= 0.3 is 0 Å². The molecule has 1 aromatic rings. The Kier molecular flexibility index (Phi) is 6.86. The molecule has 2 heterocycles. The van der Waals surface area contributed by atoms with Crippen molar-refractivity contribution in [2.75, 3.05) is 13.1 Å². The maximum Gasteiger partial charge on any atom is 0.191 e. The van der Waals surface area contributed by atoms with Crippen molar-refractivity contribution < 1.29 is 0 Å². The van der Waals surface area contributed by atoms with Gasteiger partial charge in [-0.1, -0.05) is 32.1 Å². The van der Waals surface area contributed by atoms with Crippen LogP contribution in [0.3, 0.4) is 0 Å². The van der Waals surface area contributed by atoms with Gasteiger partial charge in [0.2, 0.25) is 0 Å². The predicted octanol–water partition coefficient (Wildman–Crippen LogP) is 3.46. The van der Waals surface area contributed by atoms with Gasteiger partial charge in [-0.3, -0.25) is 4.99 Å². The number of fused-ring (bicyclic) bond motifs is 2. The Balaban J connectivity index is 1.31. The molecule has 3 atom stereocenters. The maximum absolute atomic E-state index is 4.87. The molecule has 1 aromatic heterocycles. The van der Waals surface area contributed by atoms with Gasteiger partial charge in [0, 0.05) is 38.5 Å². The van der Waals surface area contributed by atoms with E-state index in [-0.39, 0.29) is 0 Å². The zero-order valence-electron chi connectivity index (χ0n) is 17.6.